The Kier molecular flexibility index (Phi) is 4.56. The Morgan fingerprint density at radius 2 is 2.32 bits per heavy atom. The Hall–Kier alpha value is -1.39. The molecule has 0 radical (unpaired) electrons. The standard InChI is InChI=1S/C15H22N2O2/c1-11-6-7-16-14(10-18)9-17(11)15-5-3-4-13(8-15)12(2)19/h3-5,8,11,14,16,18H,6-7,9-10H2,1-2H3. The van der Waals surface area contributed by atoms with Gasteiger partial charge in [0.25, 0.3) is 0 Å². The number of ketones is 1. The summed E-state index contributed by atoms with van der Waals surface area (Å²) in [6.45, 7) is 5.58. The molecule has 2 unspecified atom stereocenters. The molecule has 19 heavy (non-hydrogen) atoms. The molecule has 1 heterocycles. The molecule has 4 heteroatoms. The van der Waals surface area contributed by atoms with Crippen LogP contribution < -0.4 is 10.2 Å². The summed E-state index contributed by atoms with van der Waals surface area (Å²) in [4.78, 5) is 13.8. The summed E-state index contributed by atoms with van der Waals surface area (Å²) < 4.78 is 0. The van der Waals surface area contributed by atoms with Crippen molar-refractivity contribution in [3.63, 3.8) is 0 Å². The van der Waals surface area contributed by atoms with E-state index in [-0.39, 0.29) is 18.4 Å². The minimum atomic E-state index is 0.0844. The number of anilines is 1. The molecule has 1 aromatic carbocycles. The maximum absolute atomic E-state index is 11.5. The predicted octanol–water partition coefficient (Wildman–Crippen LogP) is 1.44. The van der Waals surface area contributed by atoms with Gasteiger partial charge in [0.2, 0.25) is 0 Å². The quantitative estimate of drug-likeness (QED) is 0.809. The lowest BCUT2D eigenvalue weighted by molar-refractivity contribution is 0.101. The topological polar surface area (TPSA) is 52.6 Å². The molecule has 0 spiro atoms. The SMILES string of the molecule is CC(=O)c1cccc(N2CC(CO)NCCC2C)c1. The van der Waals surface area contributed by atoms with Crippen LogP contribution >= 0.6 is 0 Å². The molecule has 1 fully saturated rings. The largest absolute Gasteiger partial charge is 0.395 e. The second-order valence-electron chi connectivity index (χ2n) is 5.23. The fraction of sp³-hybridized carbons (Fsp3) is 0.533. The van der Waals surface area contributed by atoms with E-state index in [1.807, 2.05) is 24.3 Å². The van der Waals surface area contributed by atoms with Gasteiger partial charge in [0, 0.05) is 29.9 Å². The van der Waals surface area contributed by atoms with Crippen LogP contribution in [-0.2, 0) is 0 Å². The van der Waals surface area contributed by atoms with Crippen LogP contribution in [-0.4, -0.2) is 42.7 Å². The lowest BCUT2D eigenvalue weighted by Gasteiger charge is -2.31. The van der Waals surface area contributed by atoms with Gasteiger partial charge in [0.05, 0.1) is 6.61 Å². The van der Waals surface area contributed by atoms with Crippen LogP contribution in [0.3, 0.4) is 0 Å². The highest BCUT2D eigenvalue weighted by Crippen LogP contribution is 2.22. The van der Waals surface area contributed by atoms with E-state index in [9.17, 15) is 9.90 Å². The number of rotatable bonds is 3. The maximum atomic E-state index is 11.5. The van der Waals surface area contributed by atoms with Crippen LogP contribution in [0.4, 0.5) is 5.69 Å². The smallest absolute Gasteiger partial charge is 0.159 e. The molecule has 0 saturated carbocycles. The summed E-state index contributed by atoms with van der Waals surface area (Å²) in [6.07, 6.45) is 1.03. The summed E-state index contributed by atoms with van der Waals surface area (Å²) in [5.74, 6) is 0.0844. The Balaban J connectivity index is 2.26. The Bertz CT molecular complexity index is 448. The van der Waals surface area contributed by atoms with Crippen molar-refractivity contribution in [2.75, 3.05) is 24.6 Å². The third-order valence-corrected chi connectivity index (χ3v) is 3.75. The first kappa shape index (κ1) is 14.0. The van der Waals surface area contributed by atoms with Crippen molar-refractivity contribution in [1.29, 1.82) is 0 Å². The van der Waals surface area contributed by atoms with E-state index in [1.165, 1.54) is 0 Å². The molecular formula is C15H22N2O2. The molecule has 104 valence electrons. The van der Waals surface area contributed by atoms with Crippen molar-refractivity contribution >= 4 is 11.5 Å². The number of aliphatic hydroxyl groups is 1. The number of nitrogens with zero attached hydrogens (tertiary/aromatic N) is 1. The van der Waals surface area contributed by atoms with Crippen molar-refractivity contribution < 1.29 is 9.90 Å². The number of nitrogens with one attached hydrogen (secondary N) is 1. The number of hydrogen-bond donors (Lipinski definition) is 2. The van der Waals surface area contributed by atoms with Gasteiger partial charge in [0.15, 0.2) is 5.78 Å². The highest BCUT2D eigenvalue weighted by molar-refractivity contribution is 5.95. The van der Waals surface area contributed by atoms with Crippen LogP contribution in [0.15, 0.2) is 24.3 Å². The first-order chi connectivity index (χ1) is 9.11. The summed E-state index contributed by atoms with van der Waals surface area (Å²) in [5, 5.41) is 12.7. The number of carbonyl (C=O) groups excluding carboxylic acids is 1. The molecule has 0 bridgehead atoms. The second-order valence-corrected chi connectivity index (χ2v) is 5.23. The van der Waals surface area contributed by atoms with Gasteiger partial charge in [-0.1, -0.05) is 12.1 Å². The van der Waals surface area contributed by atoms with E-state index in [0.29, 0.717) is 6.04 Å². The van der Waals surface area contributed by atoms with Crippen molar-refractivity contribution in [2.45, 2.75) is 32.4 Å². The van der Waals surface area contributed by atoms with Gasteiger partial charge >= 0.3 is 0 Å². The van der Waals surface area contributed by atoms with E-state index in [2.05, 4.69) is 17.1 Å². The molecule has 2 atom stereocenters. The van der Waals surface area contributed by atoms with E-state index in [1.54, 1.807) is 6.92 Å². The third-order valence-electron chi connectivity index (χ3n) is 3.75. The molecule has 0 aromatic heterocycles. The van der Waals surface area contributed by atoms with Gasteiger partial charge in [0.1, 0.15) is 0 Å². The van der Waals surface area contributed by atoms with E-state index < -0.39 is 0 Å². The Morgan fingerprint density at radius 1 is 1.53 bits per heavy atom. The molecular weight excluding hydrogens is 240 g/mol. The van der Waals surface area contributed by atoms with Gasteiger partial charge < -0.3 is 15.3 Å². The normalized spacial score (nSPS) is 24.1. The van der Waals surface area contributed by atoms with Crippen molar-refractivity contribution in [1.82, 2.24) is 5.32 Å². The Morgan fingerprint density at radius 3 is 3.00 bits per heavy atom. The number of benzene rings is 1. The third kappa shape index (κ3) is 3.33. The van der Waals surface area contributed by atoms with Crippen LogP contribution in [0.1, 0.15) is 30.6 Å². The van der Waals surface area contributed by atoms with E-state index >= 15 is 0 Å². The number of aliphatic hydroxyl groups excluding tert-OH is 1. The fourth-order valence-electron chi connectivity index (χ4n) is 2.52. The van der Waals surface area contributed by atoms with Crippen LogP contribution in [0.5, 0.6) is 0 Å². The molecule has 0 aliphatic carbocycles. The first-order valence-electron chi connectivity index (χ1n) is 6.83. The van der Waals surface area contributed by atoms with Gasteiger partial charge in [-0.15, -0.1) is 0 Å². The van der Waals surface area contributed by atoms with Crippen molar-refractivity contribution in [2.24, 2.45) is 0 Å². The fourth-order valence-corrected chi connectivity index (χ4v) is 2.52. The predicted molar refractivity (Wildman–Crippen MR) is 76.7 cm³/mol. The lowest BCUT2D eigenvalue weighted by Crippen LogP contribution is -2.42. The summed E-state index contributed by atoms with van der Waals surface area (Å²) in [5.41, 5.74) is 1.80. The molecule has 2 N–H and O–H groups in total. The van der Waals surface area contributed by atoms with Gasteiger partial charge in [-0.05, 0) is 38.9 Å². The first-order valence-corrected chi connectivity index (χ1v) is 6.83. The van der Waals surface area contributed by atoms with Gasteiger partial charge in [-0.2, -0.15) is 0 Å². The van der Waals surface area contributed by atoms with Crippen molar-refractivity contribution in [3.05, 3.63) is 29.8 Å². The average Bonchev–Trinajstić information content (AvgIpc) is 2.60. The molecule has 2 rings (SSSR count). The Labute approximate surface area is 114 Å². The highest BCUT2D eigenvalue weighted by Gasteiger charge is 2.22. The summed E-state index contributed by atoms with van der Waals surface area (Å²) in [6, 6.07) is 8.22. The monoisotopic (exact) mass is 262 g/mol. The van der Waals surface area contributed by atoms with Crippen LogP contribution in [0.25, 0.3) is 0 Å². The average molecular weight is 262 g/mol. The van der Waals surface area contributed by atoms with Crippen molar-refractivity contribution in [3.8, 4) is 0 Å². The molecule has 1 aliphatic rings. The number of Topliss-reactive ketones (excluding diaryl/α,β-unsaturated/α-hetero) is 1. The van der Waals surface area contributed by atoms with Crippen LogP contribution in [0.2, 0.25) is 0 Å². The molecule has 1 aromatic rings. The molecule has 0 amide bonds. The number of hydrogen-bond acceptors (Lipinski definition) is 4. The minimum absolute atomic E-state index is 0.0844. The number of carbonyl (C=O) groups is 1. The second kappa shape index (κ2) is 6.17. The minimum Gasteiger partial charge on any atom is -0.395 e. The maximum Gasteiger partial charge on any atom is 0.159 e. The zero-order valence-electron chi connectivity index (χ0n) is 11.6. The molecule has 4 nitrogen and oxygen atoms in total. The van der Waals surface area contributed by atoms with Gasteiger partial charge in [-0.25, -0.2) is 0 Å². The zero-order valence-corrected chi connectivity index (χ0v) is 11.6. The van der Waals surface area contributed by atoms with Gasteiger partial charge in [-0.3, -0.25) is 4.79 Å². The zero-order chi connectivity index (χ0) is 13.8. The molecule has 1 aliphatic heterocycles. The van der Waals surface area contributed by atoms with E-state index in [4.69, 9.17) is 0 Å². The highest BCUT2D eigenvalue weighted by atomic mass is 16.3. The lowest BCUT2D eigenvalue weighted by atomic mass is 10.1. The van der Waals surface area contributed by atoms with E-state index in [0.717, 1.165) is 30.8 Å². The molecule has 1 saturated heterocycles. The summed E-state index contributed by atoms with van der Waals surface area (Å²) >= 11 is 0. The summed E-state index contributed by atoms with van der Waals surface area (Å²) in [7, 11) is 0. The van der Waals surface area contributed by atoms with Crippen LogP contribution in [0, 0.1) is 0 Å².